The standard InChI is InChI=1S/C23H36O5/c1-15-6-7-16-20(4)13-26-19(2,3)27-17(20)8-9-21(16,5)23(15)11-10-22(28-23)12-18(24)25-14-22/h15-17H,6-14H2,1-5H3/t15-,16+,17-,20+,21+,22+,23-/m1/s1. The van der Waals surface area contributed by atoms with Gasteiger partial charge >= 0.3 is 5.97 Å². The molecule has 0 bridgehead atoms. The number of fused-ring (bicyclic) bond motifs is 4. The van der Waals surface area contributed by atoms with Gasteiger partial charge in [0.1, 0.15) is 12.2 Å². The van der Waals surface area contributed by atoms with E-state index in [9.17, 15) is 4.79 Å². The largest absolute Gasteiger partial charge is 0.463 e. The van der Waals surface area contributed by atoms with Crippen molar-refractivity contribution in [3.63, 3.8) is 0 Å². The molecule has 28 heavy (non-hydrogen) atoms. The third-order valence-electron chi connectivity index (χ3n) is 9.35. The summed E-state index contributed by atoms with van der Waals surface area (Å²) >= 11 is 0. The smallest absolute Gasteiger partial charge is 0.308 e. The van der Waals surface area contributed by atoms with Gasteiger partial charge in [0.2, 0.25) is 0 Å². The van der Waals surface area contributed by atoms with Crippen molar-refractivity contribution in [1.82, 2.24) is 0 Å². The molecule has 3 aliphatic heterocycles. The van der Waals surface area contributed by atoms with Crippen LogP contribution in [-0.4, -0.2) is 42.3 Å². The summed E-state index contributed by atoms with van der Waals surface area (Å²) in [5.41, 5.74) is -0.490. The molecule has 5 fully saturated rings. The highest BCUT2D eigenvalue weighted by Crippen LogP contribution is 2.69. The normalized spacial score (nSPS) is 55.2. The van der Waals surface area contributed by atoms with Crippen LogP contribution in [0.15, 0.2) is 0 Å². The molecule has 3 saturated heterocycles. The minimum absolute atomic E-state index is 0.0107. The zero-order valence-electron chi connectivity index (χ0n) is 18.1. The van der Waals surface area contributed by atoms with Gasteiger partial charge in [-0.25, -0.2) is 0 Å². The van der Waals surface area contributed by atoms with Gasteiger partial charge in [0.05, 0.1) is 24.7 Å². The van der Waals surface area contributed by atoms with Crippen LogP contribution in [-0.2, 0) is 23.7 Å². The van der Waals surface area contributed by atoms with Gasteiger partial charge in [0, 0.05) is 10.8 Å². The number of hydrogen-bond acceptors (Lipinski definition) is 5. The van der Waals surface area contributed by atoms with Crippen LogP contribution in [0.1, 0.15) is 79.6 Å². The molecule has 3 heterocycles. The number of esters is 1. The summed E-state index contributed by atoms with van der Waals surface area (Å²) < 4.78 is 25.0. The average Bonchev–Trinajstić information content (AvgIpc) is 3.18. The monoisotopic (exact) mass is 392 g/mol. The van der Waals surface area contributed by atoms with Gasteiger partial charge in [-0.15, -0.1) is 0 Å². The molecular weight excluding hydrogens is 356 g/mol. The fraction of sp³-hybridized carbons (Fsp3) is 0.957. The molecule has 2 spiro atoms. The minimum atomic E-state index is -0.493. The minimum Gasteiger partial charge on any atom is -0.463 e. The van der Waals surface area contributed by atoms with Crippen molar-refractivity contribution < 1.29 is 23.7 Å². The summed E-state index contributed by atoms with van der Waals surface area (Å²) in [4.78, 5) is 11.9. The summed E-state index contributed by atoms with van der Waals surface area (Å²) in [5.74, 6) is 0.395. The van der Waals surface area contributed by atoms with Crippen molar-refractivity contribution in [2.24, 2.45) is 22.7 Å². The number of rotatable bonds is 0. The molecule has 5 rings (SSSR count). The van der Waals surface area contributed by atoms with Crippen LogP contribution in [0.25, 0.3) is 0 Å². The predicted octanol–water partition coefficient (Wildman–Crippen LogP) is 4.23. The summed E-state index contributed by atoms with van der Waals surface area (Å²) in [6.07, 6.45) is 7.16. The van der Waals surface area contributed by atoms with Gasteiger partial charge in [0.25, 0.3) is 0 Å². The van der Waals surface area contributed by atoms with E-state index in [1.807, 2.05) is 13.8 Å². The maximum Gasteiger partial charge on any atom is 0.308 e. The molecule has 5 nitrogen and oxygen atoms in total. The molecule has 0 unspecified atom stereocenters. The lowest BCUT2D eigenvalue weighted by molar-refractivity contribution is -0.358. The SMILES string of the molecule is C[C@@H]1CC[C@H]2[C@]3(C)COC(C)(C)O[C@@H]3CC[C@]2(C)[C@@]12CC[C@]1(COC(=O)C1)O2. The van der Waals surface area contributed by atoms with E-state index in [0.717, 1.165) is 38.7 Å². The zero-order valence-corrected chi connectivity index (χ0v) is 18.1. The molecular formula is C23H36O5. The lowest BCUT2D eigenvalue weighted by atomic mass is 9.43. The molecule has 5 aliphatic rings. The Morgan fingerprint density at radius 3 is 2.46 bits per heavy atom. The molecule has 7 atom stereocenters. The van der Waals surface area contributed by atoms with Crippen LogP contribution < -0.4 is 0 Å². The molecule has 2 aliphatic carbocycles. The first-order valence-corrected chi connectivity index (χ1v) is 11.2. The van der Waals surface area contributed by atoms with Crippen molar-refractivity contribution in [3.05, 3.63) is 0 Å². The highest BCUT2D eigenvalue weighted by Gasteiger charge is 2.70. The van der Waals surface area contributed by atoms with Crippen LogP contribution in [0, 0.1) is 22.7 Å². The quantitative estimate of drug-likeness (QED) is 0.578. The second kappa shape index (κ2) is 5.73. The Labute approximate surface area is 168 Å². The second-order valence-electron chi connectivity index (χ2n) is 11.3. The van der Waals surface area contributed by atoms with Gasteiger partial charge in [-0.2, -0.15) is 0 Å². The summed E-state index contributed by atoms with van der Waals surface area (Å²) in [5, 5.41) is 0. The van der Waals surface area contributed by atoms with E-state index >= 15 is 0 Å². The van der Waals surface area contributed by atoms with Crippen LogP contribution >= 0.6 is 0 Å². The van der Waals surface area contributed by atoms with Crippen molar-refractivity contribution in [1.29, 1.82) is 0 Å². The second-order valence-corrected chi connectivity index (χ2v) is 11.3. The van der Waals surface area contributed by atoms with Crippen molar-refractivity contribution >= 4 is 5.97 Å². The predicted molar refractivity (Wildman–Crippen MR) is 104 cm³/mol. The maximum atomic E-state index is 11.9. The third-order valence-corrected chi connectivity index (χ3v) is 9.35. The Morgan fingerprint density at radius 1 is 0.964 bits per heavy atom. The van der Waals surface area contributed by atoms with Crippen LogP contribution in [0.2, 0.25) is 0 Å². The van der Waals surface area contributed by atoms with E-state index in [2.05, 4.69) is 20.8 Å². The van der Waals surface area contributed by atoms with E-state index in [4.69, 9.17) is 18.9 Å². The maximum absolute atomic E-state index is 11.9. The fourth-order valence-corrected chi connectivity index (χ4v) is 7.80. The summed E-state index contributed by atoms with van der Waals surface area (Å²) in [6.45, 7) is 12.5. The van der Waals surface area contributed by atoms with Gasteiger partial charge in [0.15, 0.2) is 5.79 Å². The lowest BCUT2D eigenvalue weighted by Gasteiger charge is -2.67. The Kier molecular flexibility index (Phi) is 3.96. The van der Waals surface area contributed by atoms with E-state index in [-0.39, 0.29) is 28.5 Å². The Morgan fingerprint density at radius 2 is 1.75 bits per heavy atom. The highest BCUT2D eigenvalue weighted by atomic mass is 16.7. The van der Waals surface area contributed by atoms with E-state index in [0.29, 0.717) is 24.9 Å². The highest BCUT2D eigenvalue weighted by molar-refractivity contribution is 5.73. The Bertz CT molecular complexity index is 690. The average molecular weight is 393 g/mol. The Hall–Kier alpha value is -0.650. The van der Waals surface area contributed by atoms with Gasteiger partial charge in [-0.05, 0) is 64.2 Å². The summed E-state index contributed by atoms with van der Waals surface area (Å²) in [6, 6.07) is 0. The van der Waals surface area contributed by atoms with Crippen LogP contribution in [0.5, 0.6) is 0 Å². The number of ether oxygens (including phenoxy) is 4. The van der Waals surface area contributed by atoms with E-state index < -0.39 is 11.4 Å². The Balaban J connectivity index is 1.51. The first kappa shape index (κ1) is 19.3. The van der Waals surface area contributed by atoms with E-state index in [1.54, 1.807) is 0 Å². The first-order chi connectivity index (χ1) is 13.0. The molecule has 158 valence electrons. The van der Waals surface area contributed by atoms with Crippen molar-refractivity contribution in [3.8, 4) is 0 Å². The van der Waals surface area contributed by atoms with Crippen LogP contribution in [0.3, 0.4) is 0 Å². The number of hydrogen-bond donors (Lipinski definition) is 0. The van der Waals surface area contributed by atoms with E-state index in [1.165, 1.54) is 6.42 Å². The third kappa shape index (κ3) is 2.39. The first-order valence-electron chi connectivity index (χ1n) is 11.2. The van der Waals surface area contributed by atoms with Gasteiger partial charge in [-0.1, -0.05) is 20.8 Å². The molecule has 0 aromatic rings. The number of carbonyl (C=O) groups excluding carboxylic acids is 1. The molecule has 2 saturated carbocycles. The molecule has 0 amide bonds. The van der Waals surface area contributed by atoms with Gasteiger partial charge < -0.3 is 18.9 Å². The molecule has 5 heteroatoms. The lowest BCUT2D eigenvalue weighted by Crippen LogP contribution is -2.68. The molecule has 0 N–H and O–H groups in total. The fourth-order valence-electron chi connectivity index (χ4n) is 7.80. The number of cyclic esters (lactones) is 1. The van der Waals surface area contributed by atoms with Crippen molar-refractivity contribution in [2.75, 3.05) is 13.2 Å². The molecule has 0 aromatic heterocycles. The van der Waals surface area contributed by atoms with Crippen molar-refractivity contribution in [2.45, 2.75) is 103 Å². The zero-order chi connectivity index (χ0) is 20.0. The van der Waals surface area contributed by atoms with Crippen LogP contribution in [0.4, 0.5) is 0 Å². The van der Waals surface area contributed by atoms with Gasteiger partial charge in [-0.3, -0.25) is 4.79 Å². The molecule has 0 aromatic carbocycles. The summed E-state index contributed by atoms with van der Waals surface area (Å²) in [7, 11) is 0. The molecule has 0 radical (unpaired) electrons. The topological polar surface area (TPSA) is 54.0 Å². The number of carbonyl (C=O) groups is 1.